The minimum Gasteiger partial charge on any atom is -0.309 e. The summed E-state index contributed by atoms with van der Waals surface area (Å²) in [6, 6.07) is 94.3. The van der Waals surface area contributed by atoms with Gasteiger partial charge in [-0.15, -0.1) is 0 Å². The quantitative estimate of drug-likeness (QED) is 0.107. The van der Waals surface area contributed by atoms with E-state index in [0.29, 0.717) is 0 Å². The fourth-order valence-electron chi connectivity index (χ4n) is 10.4. The minimum absolute atomic E-state index is 1.12. The summed E-state index contributed by atoms with van der Waals surface area (Å²) in [5, 5.41) is 10.4. The SMILES string of the molecule is c1ccc(-c2ccccc2-n2c3ccccc3c3ccc(-n4c5ccc([Si](c6ccccc6)(c6ccccc6)c6ccccc6)cc5c5cccc(-c6ccccc6)c54)cc32)cc1. The lowest BCUT2D eigenvalue weighted by molar-refractivity contribution is 1.16. The van der Waals surface area contributed by atoms with Gasteiger partial charge in [0.05, 0.1) is 27.8 Å². The number of hydrogen-bond acceptors (Lipinski definition) is 0. The fraction of sp³-hybridized carbons (Fsp3) is 0. The lowest BCUT2D eigenvalue weighted by Crippen LogP contribution is -2.74. The maximum absolute atomic E-state index is 2.80. The third-order valence-electron chi connectivity index (χ3n) is 13.1. The molecular formula is C60H42N2Si. The van der Waals surface area contributed by atoms with Crippen molar-refractivity contribution >= 4 is 72.4 Å². The molecule has 2 aromatic heterocycles. The molecular weight excluding hydrogens is 777 g/mol. The van der Waals surface area contributed by atoms with Gasteiger partial charge in [0.1, 0.15) is 0 Å². The van der Waals surface area contributed by atoms with E-state index in [1.807, 2.05) is 0 Å². The highest BCUT2D eigenvalue weighted by Crippen LogP contribution is 2.41. The molecule has 0 bridgehead atoms. The lowest BCUT2D eigenvalue weighted by atomic mass is 10.0. The molecule has 0 unspecified atom stereocenters. The number of rotatable bonds is 8. The van der Waals surface area contributed by atoms with Crippen molar-refractivity contribution in [3.63, 3.8) is 0 Å². The molecule has 3 heteroatoms. The Morgan fingerprint density at radius 3 is 1.41 bits per heavy atom. The number of nitrogens with zero attached hydrogens (tertiary/aromatic N) is 2. The molecule has 0 N–H and O–H groups in total. The summed E-state index contributed by atoms with van der Waals surface area (Å²) in [5.74, 6) is 0. The summed E-state index contributed by atoms with van der Waals surface area (Å²) in [6.45, 7) is 0. The number of para-hydroxylation sites is 3. The van der Waals surface area contributed by atoms with Gasteiger partial charge in [0.15, 0.2) is 8.07 Å². The Morgan fingerprint density at radius 2 is 0.762 bits per heavy atom. The highest BCUT2D eigenvalue weighted by atomic mass is 28.3. The summed E-state index contributed by atoms with van der Waals surface area (Å²) in [6.07, 6.45) is 0. The van der Waals surface area contributed by atoms with Crippen molar-refractivity contribution in [2.45, 2.75) is 0 Å². The van der Waals surface area contributed by atoms with E-state index in [9.17, 15) is 0 Å². The van der Waals surface area contributed by atoms with E-state index in [-0.39, 0.29) is 0 Å². The molecule has 0 aliphatic carbocycles. The van der Waals surface area contributed by atoms with Crippen LogP contribution in [-0.2, 0) is 0 Å². The zero-order valence-corrected chi connectivity index (χ0v) is 35.6. The summed E-state index contributed by atoms with van der Waals surface area (Å²) >= 11 is 0. The van der Waals surface area contributed by atoms with E-state index in [4.69, 9.17) is 0 Å². The molecule has 0 amide bonds. The molecule has 2 heterocycles. The first-order valence-corrected chi connectivity index (χ1v) is 23.8. The maximum Gasteiger partial charge on any atom is 0.179 e. The van der Waals surface area contributed by atoms with Crippen LogP contribution in [0.1, 0.15) is 0 Å². The molecule has 10 aromatic carbocycles. The topological polar surface area (TPSA) is 9.86 Å². The summed E-state index contributed by atoms with van der Waals surface area (Å²) in [4.78, 5) is 0. The van der Waals surface area contributed by atoms with Crippen LogP contribution in [0.3, 0.4) is 0 Å². The molecule has 0 aliphatic rings. The average Bonchev–Trinajstić information content (AvgIpc) is 3.88. The van der Waals surface area contributed by atoms with Crippen LogP contribution < -0.4 is 20.7 Å². The molecule has 0 aliphatic heterocycles. The minimum atomic E-state index is -2.80. The van der Waals surface area contributed by atoms with Crippen LogP contribution in [0.4, 0.5) is 0 Å². The smallest absolute Gasteiger partial charge is 0.179 e. The molecule has 2 nitrogen and oxygen atoms in total. The van der Waals surface area contributed by atoms with Gasteiger partial charge in [-0.3, -0.25) is 0 Å². The van der Waals surface area contributed by atoms with Crippen LogP contribution >= 0.6 is 0 Å². The van der Waals surface area contributed by atoms with Crippen molar-refractivity contribution in [3.05, 3.63) is 255 Å². The van der Waals surface area contributed by atoms with Gasteiger partial charge in [0.2, 0.25) is 0 Å². The molecule has 63 heavy (non-hydrogen) atoms. The van der Waals surface area contributed by atoms with Crippen LogP contribution in [0.25, 0.3) is 77.2 Å². The Balaban J connectivity index is 1.18. The Bertz CT molecular complexity index is 3500. The molecule has 12 aromatic rings. The zero-order chi connectivity index (χ0) is 41.7. The van der Waals surface area contributed by atoms with Crippen LogP contribution in [0.15, 0.2) is 255 Å². The predicted octanol–water partition coefficient (Wildman–Crippen LogP) is 12.6. The molecule has 0 radical (unpaired) electrons. The molecule has 0 saturated heterocycles. The van der Waals surface area contributed by atoms with Crippen LogP contribution in [0, 0.1) is 0 Å². The van der Waals surface area contributed by atoms with Gasteiger partial charge >= 0.3 is 0 Å². The summed E-state index contributed by atoms with van der Waals surface area (Å²) in [7, 11) is -2.80. The van der Waals surface area contributed by atoms with Crippen LogP contribution in [0.5, 0.6) is 0 Å². The van der Waals surface area contributed by atoms with Gasteiger partial charge in [-0.25, -0.2) is 0 Å². The van der Waals surface area contributed by atoms with Crippen LogP contribution in [-0.4, -0.2) is 17.2 Å². The Kier molecular flexibility index (Phi) is 8.87. The standard InChI is InChI=1S/C60H42N2Si/c1-6-21-43(22-7-1)50-31-16-18-35-56(50)62-57-36-19-17-32-52(57)53-39-37-45(41-59(53)62)61-58-40-38-49(42-55(58)54-34-20-33-51(60(54)61)44-23-8-2-9-24-44)63(46-25-10-3-11-26-46,47-27-12-4-13-28-47)48-29-14-5-15-30-48/h1-42H. The first kappa shape index (κ1) is 36.8. The third kappa shape index (κ3) is 5.85. The van der Waals surface area contributed by atoms with E-state index in [1.165, 1.54) is 86.6 Å². The van der Waals surface area contributed by atoms with Gasteiger partial charge in [-0.2, -0.15) is 0 Å². The van der Waals surface area contributed by atoms with Crippen LogP contribution in [0.2, 0.25) is 0 Å². The van der Waals surface area contributed by atoms with Gasteiger partial charge in [-0.1, -0.05) is 224 Å². The number of aromatic nitrogens is 2. The van der Waals surface area contributed by atoms with Gasteiger partial charge in [0.25, 0.3) is 0 Å². The first-order chi connectivity index (χ1) is 31.3. The van der Waals surface area contributed by atoms with Crippen molar-refractivity contribution in [2.24, 2.45) is 0 Å². The van der Waals surface area contributed by atoms with Gasteiger partial charge < -0.3 is 9.13 Å². The Hall–Kier alpha value is -7.98. The molecule has 0 saturated carbocycles. The van der Waals surface area contributed by atoms with Crippen molar-refractivity contribution in [1.82, 2.24) is 9.13 Å². The normalized spacial score (nSPS) is 11.8. The molecule has 296 valence electrons. The Labute approximate surface area is 368 Å². The lowest BCUT2D eigenvalue weighted by Gasteiger charge is -2.34. The van der Waals surface area contributed by atoms with Crippen molar-refractivity contribution < 1.29 is 0 Å². The van der Waals surface area contributed by atoms with Crippen molar-refractivity contribution in [3.8, 4) is 33.6 Å². The number of hydrogen-bond donors (Lipinski definition) is 0. The molecule has 0 spiro atoms. The summed E-state index contributed by atoms with van der Waals surface area (Å²) < 4.78 is 5.00. The van der Waals surface area contributed by atoms with Crippen molar-refractivity contribution in [1.29, 1.82) is 0 Å². The second kappa shape index (κ2) is 15.2. The molecule has 0 atom stereocenters. The van der Waals surface area contributed by atoms with Gasteiger partial charge in [0, 0.05) is 38.4 Å². The zero-order valence-electron chi connectivity index (χ0n) is 34.6. The predicted molar refractivity (Wildman–Crippen MR) is 270 cm³/mol. The highest BCUT2D eigenvalue weighted by molar-refractivity contribution is 7.20. The highest BCUT2D eigenvalue weighted by Gasteiger charge is 2.41. The maximum atomic E-state index is 2.54. The third-order valence-corrected chi connectivity index (χ3v) is 17.8. The fourth-order valence-corrected chi connectivity index (χ4v) is 15.1. The molecule has 0 fully saturated rings. The largest absolute Gasteiger partial charge is 0.309 e. The number of fused-ring (bicyclic) bond motifs is 6. The Morgan fingerprint density at radius 1 is 0.270 bits per heavy atom. The van der Waals surface area contributed by atoms with E-state index in [1.54, 1.807) is 0 Å². The van der Waals surface area contributed by atoms with E-state index in [0.717, 1.165) is 11.4 Å². The van der Waals surface area contributed by atoms with E-state index < -0.39 is 8.07 Å². The van der Waals surface area contributed by atoms with E-state index in [2.05, 4.69) is 264 Å². The second-order valence-corrected chi connectivity index (χ2v) is 20.2. The van der Waals surface area contributed by atoms with Crippen molar-refractivity contribution in [2.75, 3.05) is 0 Å². The first-order valence-electron chi connectivity index (χ1n) is 21.8. The van der Waals surface area contributed by atoms with Gasteiger partial charge in [-0.05, 0) is 62.2 Å². The van der Waals surface area contributed by atoms with E-state index >= 15 is 0 Å². The monoisotopic (exact) mass is 818 g/mol. The molecule has 12 rings (SSSR count). The summed E-state index contributed by atoms with van der Waals surface area (Å²) in [5.41, 5.74) is 11.8. The average molecular weight is 819 g/mol. The number of benzene rings is 10. The second-order valence-electron chi connectivity index (χ2n) is 16.4.